The van der Waals surface area contributed by atoms with Gasteiger partial charge in [0.15, 0.2) is 11.4 Å². The molecule has 6 heteroatoms. The van der Waals surface area contributed by atoms with Crippen LogP contribution in [0.15, 0.2) is 70.4 Å². The second kappa shape index (κ2) is 5.49. The van der Waals surface area contributed by atoms with Crippen LogP contribution in [0.5, 0.6) is 0 Å². The maximum atomic E-state index is 12.4. The Hall–Kier alpha value is -3.28. The van der Waals surface area contributed by atoms with Gasteiger partial charge in [-0.05, 0) is 12.1 Å². The molecule has 0 fully saturated rings. The van der Waals surface area contributed by atoms with E-state index < -0.39 is 0 Å². The zero-order chi connectivity index (χ0) is 15.6. The smallest absolute Gasteiger partial charge is 0.263 e. The van der Waals surface area contributed by atoms with E-state index in [1.807, 2.05) is 36.4 Å². The predicted octanol–water partition coefficient (Wildman–Crippen LogP) is 2.49. The first kappa shape index (κ1) is 13.4. The van der Waals surface area contributed by atoms with Crippen molar-refractivity contribution in [2.24, 2.45) is 0 Å². The number of benzene rings is 1. The van der Waals surface area contributed by atoms with Crippen LogP contribution < -0.4 is 5.56 Å². The molecule has 4 aromatic rings. The summed E-state index contributed by atoms with van der Waals surface area (Å²) in [4.78, 5) is 20.7. The zero-order valence-electron chi connectivity index (χ0n) is 12.1. The predicted molar refractivity (Wildman–Crippen MR) is 84.8 cm³/mol. The Morgan fingerprint density at radius 1 is 1.04 bits per heavy atom. The molecule has 23 heavy (non-hydrogen) atoms. The minimum absolute atomic E-state index is 0.146. The van der Waals surface area contributed by atoms with Crippen LogP contribution in [-0.4, -0.2) is 19.7 Å². The van der Waals surface area contributed by atoms with Crippen LogP contribution in [0, 0.1) is 0 Å². The molecule has 0 radical (unpaired) electrons. The Balaban J connectivity index is 1.68. The van der Waals surface area contributed by atoms with Gasteiger partial charge in [0, 0.05) is 17.8 Å². The van der Waals surface area contributed by atoms with Gasteiger partial charge in [-0.2, -0.15) is 0 Å². The van der Waals surface area contributed by atoms with E-state index in [-0.39, 0.29) is 5.56 Å². The van der Waals surface area contributed by atoms with Crippen molar-refractivity contribution in [1.82, 2.24) is 19.7 Å². The SMILES string of the molecule is O=c1c2cccnc2ncn1Cc1cc(-c2ccccc2)on1. The first-order chi connectivity index (χ1) is 11.3. The Labute approximate surface area is 131 Å². The third-order valence-electron chi connectivity index (χ3n) is 3.55. The van der Waals surface area contributed by atoms with Crippen molar-refractivity contribution in [3.8, 4) is 11.3 Å². The van der Waals surface area contributed by atoms with E-state index >= 15 is 0 Å². The van der Waals surface area contributed by atoms with Gasteiger partial charge in [0.2, 0.25) is 0 Å². The van der Waals surface area contributed by atoms with Gasteiger partial charge in [-0.1, -0.05) is 35.5 Å². The van der Waals surface area contributed by atoms with Gasteiger partial charge < -0.3 is 4.52 Å². The van der Waals surface area contributed by atoms with E-state index in [2.05, 4.69) is 15.1 Å². The summed E-state index contributed by atoms with van der Waals surface area (Å²) >= 11 is 0. The molecule has 3 heterocycles. The topological polar surface area (TPSA) is 73.8 Å². The fourth-order valence-electron chi connectivity index (χ4n) is 2.41. The molecule has 4 rings (SSSR count). The van der Waals surface area contributed by atoms with E-state index in [9.17, 15) is 4.79 Å². The van der Waals surface area contributed by atoms with Crippen molar-refractivity contribution in [1.29, 1.82) is 0 Å². The highest BCUT2D eigenvalue weighted by Crippen LogP contribution is 2.19. The van der Waals surface area contributed by atoms with Crippen LogP contribution in [0.2, 0.25) is 0 Å². The number of hydrogen-bond acceptors (Lipinski definition) is 5. The fraction of sp³-hybridized carbons (Fsp3) is 0.0588. The minimum atomic E-state index is -0.146. The van der Waals surface area contributed by atoms with Gasteiger partial charge in [0.1, 0.15) is 12.0 Å². The number of rotatable bonds is 3. The molecule has 0 spiro atoms. The highest BCUT2D eigenvalue weighted by Gasteiger charge is 2.09. The third kappa shape index (κ3) is 2.50. The van der Waals surface area contributed by atoms with E-state index in [0.29, 0.717) is 29.0 Å². The van der Waals surface area contributed by atoms with Crippen molar-refractivity contribution in [2.45, 2.75) is 6.54 Å². The Morgan fingerprint density at radius 2 is 1.91 bits per heavy atom. The highest BCUT2D eigenvalue weighted by atomic mass is 16.5. The molecule has 6 nitrogen and oxygen atoms in total. The summed E-state index contributed by atoms with van der Waals surface area (Å²) in [6.45, 7) is 0.299. The number of hydrogen-bond donors (Lipinski definition) is 0. The lowest BCUT2D eigenvalue weighted by Gasteiger charge is -2.03. The zero-order valence-corrected chi connectivity index (χ0v) is 12.1. The lowest BCUT2D eigenvalue weighted by atomic mass is 10.2. The molecule has 0 saturated heterocycles. The Morgan fingerprint density at radius 3 is 2.78 bits per heavy atom. The average Bonchev–Trinajstić information content (AvgIpc) is 3.07. The maximum Gasteiger partial charge on any atom is 0.263 e. The molecule has 0 aliphatic rings. The van der Waals surface area contributed by atoms with E-state index in [1.165, 1.54) is 10.9 Å². The number of nitrogens with zero attached hydrogens (tertiary/aromatic N) is 4. The summed E-state index contributed by atoms with van der Waals surface area (Å²) in [6, 6.07) is 15.0. The van der Waals surface area contributed by atoms with Crippen LogP contribution >= 0.6 is 0 Å². The lowest BCUT2D eigenvalue weighted by Crippen LogP contribution is -2.21. The van der Waals surface area contributed by atoms with Gasteiger partial charge in [-0.25, -0.2) is 9.97 Å². The van der Waals surface area contributed by atoms with Crippen molar-refractivity contribution in [3.05, 3.63) is 77.1 Å². The summed E-state index contributed by atoms with van der Waals surface area (Å²) in [5.41, 5.74) is 1.90. The van der Waals surface area contributed by atoms with Gasteiger partial charge in [0.25, 0.3) is 5.56 Å². The first-order valence-corrected chi connectivity index (χ1v) is 7.12. The van der Waals surface area contributed by atoms with Crippen molar-refractivity contribution in [2.75, 3.05) is 0 Å². The Kier molecular flexibility index (Phi) is 3.20. The summed E-state index contributed by atoms with van der Waals surface area (Å²) in [5, 5.41) is 4.52. The monoisotopic (exact) mass is 304 g/mol. The fourth-order valence-corrected chi connectivity index (χ4v) is 2.41. The molecule has 0 aliphatic heterocycles. The Bertz CT molecular complexity index is 1020. The van der Waals surface area contributed by atoms with Crippen LogP contribution in [0.4, 0.5) is 0 Å². The molecule has 1 aromatic carbocycles. The van der Waals surface area contributed by atoms with Crippen LogP contribution in [0.25, 0.3) is 22.4 Å². The molecule has 112 valence electrons. The van der Waals surface area contributed by atoms with E-state index in [4.69, 9.17) is 4.52 Å². The summed E-state index contributed by atoms with van der Waals surface area (Å²) < 4.78 is 6.85. The number of pyridine rings is 1. The molecule has 0 aliphatic carbocycles. The van der Waals surface area contributed by atoms with Crippen LogP contribution in [-0.2, 0) is 6.54 Å². The molecule has 0 N–H and O–H groups in total. The highest BCUT2D eigenvalue weighted by molar-refractivity contribution is 5.72. The first-order valence-electron chi connectivity index (χ1n) is 7.12. The molecule has 0 saturated carbocycles. The van der Waals surface area contributed by atoms with Gasteiger partial charge in [-0.3, -0.25) is 9.36 Å². The summed E-state index contributed by atoms with van der Waals surface area (Å²) in [7, 11) is 0. The second-order valence-electron chi connectivity index (χ2n) is 5.10. The molecule has 0 unspecified atom stereocenters. The number of aromatic nitrogens is 4. The van der Waals surface area contributed by atoms with E-state index in [1.54, 1.807) is 18.3 Å². The lowest BCUT2D eigenvalue weighted by molar-refractivity contribution is 0.420. The van der Waals surface area contributed by atoms with Gasteiger partial charge >= 0.3 is 0 Å². The average molecular weight is 304 g/mol. The van der Waals surface area contributed by atoms with E-state index in [0.717, 1.165) is 5.56 Å². The molecular weight excluding hydrogens is 292 g/mol. The standard InChI is InChI=1S/C17H12N4O2/c22-17-14-7-4-8-18-16(14)19-11-21(17)10-13-9-15(23-20-13)12-5-2-1-3-6-12/h1-9,11H,10H2. The second-order valence-corrected chi connectivity index (χ2v) is 5.10. The molecule has 3 aromatic heterocycles. The quantitative estimate of drug-likeness (QED) is 0.581. The molecule has 0 amide bonds. The largest absolute Gasteiger partial charge is 0.356 e. The van der Waals surface area contributed by atoms with Crippen molar-refractivity contribution < 1.29 is 4.52 Å². The van der Waals surface area contributed by atoms with Crippen LogP contribution in [0.3, 0.4) is 0 Å². The normalized spacial score (nSPS) is 11.0. The minimum Gasteiger partial charge on any atom is -0.356 e. The maximum absolute atomic E-state index is 12.4. The summed E-state index contributed by atoms with van der Waals surface area (Å²) in [6.07, 6.45) is 3.09. The van der Waals surface area contributed by atoms with Gasteiger partial charge in [-0.15, -0.1) is 0 Å². The van der Waals surface area contributed by atoms with Gasteiger partial charge in [0.05, 0.1) is 11.9 Å². The number of fused-ring (bicyclic) bond motifs is 1. The molecule has 0 bridgehead atoms. The molecule has 0 atom stereocenters. The summed E-state index contributed by atoms with van der Waals surface area (Å²) in [5.74, 6) is 0.670. The van der Waals surface area contributed by atoms with Crippen molar-refractivity contribution in [3.63, 3.8) is 0 Å². The third-order valence-corrected chi connectivity index (χ3v) is 3.55. The van der Waals surface area contributed by atoms with Crippen molar-refractivity contribution >= 4 is 11.0 Å². The van der Waals surface area contributed by atoms with Crippen LogP contribution in [0.1, 0.15) is 5.69 Å². The molecular formula is C17H12N4O2.